The average Bonchev–Trinajstić information content (AvgIpc) is 2.72. The molecule has 0 N–H and O–H groups in total. The van der Waals surface area contributed by atoms with Crippen LogP contribution in [0, 0.1) is 0 Å². The van der Waals surface area contributed by atoms with E-state index in [1.165, 1.54) is 12.8 Å². The summed E-state index contributed by atoms with van der Waals surface area (Å²) in [5.41, 5.74) is 0.624. The minimum atomic E-state index is -0.502. The molecule has 0 saturated heterocycles. The van der Waals surface area contributed by atoms with Crippen molar-refractivity contribution in [1.82, 2.24) is 0 Å². The van der Waals surface area contributed by atoms with E-state index in [9.17, 15) is 4.79 Å². The number of carbonyl (C=O) groups is 1. The maximum Gasteiger partial charge on any atom is 0.168 e. The number of rotatable bonds is 4. The SMILES string of the molecule is COC1(C(=O)Cc2ccsc2)CCCCCC1. The van der Waals surface area contributed by atoms with Gasteiger partial charge in [-0.3, -0.25) is 4.79 Å². The fourth-order valence-corrected chi connectivity index (χ4v) is 3.30. The third-order valence-electron chi connectivity index (χ3n) is 3.75. The molecule has 3 heteroatoms. The molecule has 0 aliphatic heterocycles. The Morgan fingerprint density at radius 3 is 2.59 bits per heavy atom. The van der Waals surface area contributed by atoms with Gasteiger partial charge in [0.2, 0.25) is 0 Å². The third-order valence-corrected chi connectivity index (χ3v) is 4.49. The molecule has 1 aromatic heterocycles. The second kappa shape index (κ2) is 5.78. The van der Waals surface area contributed by atoms with Crippen LogP contribution in [0.2, 0.25) is 0 Å². The number of carbonyl (C=O) groups excluding carboxylic acids is 1. The molecule has 0 radical (unpaired) electrons. The number of Topliss-reactive ketones (excluding diaryl/α,β-unsaturated/α-hetero) is 1. The lowest BCUT2D eigenvalue weighted by atomic mass is 9.86. The summed E-state index contributed by atoms with van der Waals surface area (Å²) in [5.74, 6) is 0.264. The highest BCUT2D eigenvalue weighted by molar-refractivity contribution is 7.08. The second-order valence-electron chi connectivity index (χ2n) is 4.84. The number of thiophene rings is 1. The Bertz CT molecular complexity index is 348. The summed E-state index contributed by atoms with van der Waals surface area (Å²) in [4.78, 5) is 12.5. The van der Waals surface area contributed by atoms with Gasteiger partial charge in [0.25, 0.3) is 0 Å². The van der Waals surface area contributed by atoms with Crippen LogP contribution in [-0.4, -0.2) is 18.5 Å². The number of methoxy groups -OCH3 is 1. The van der Waals surface area contributed by atoms with Crippen LogP contribution < -0.4 is 0 Å². The van der Waals surface area contributed by atoms with Crippen molar-refractivity contribution in [3.05, 3.63) is 22.4 Å². The molecule has 1 aliphatic rings. The zero-order valence-electron chi connectivity index (χ0n) is 10.4. The van der Waals surface area contributed by atoms with E-state index >= 15 is 0 Å². The van der Waals surface area contributed by atoms with E-state index in [4.69, 9.17) is 4.74 Å². The lowest BCUT2D eigenvalue weighted by molar-refractivity contribution is -0.142. The first-order valence-electron chi connectivity index (χ1n) is 6.36. The maximum absolute atomic E-state index is 12.5. The predicted molar refractivity (Wildman–Crippen MR) is 70.5 cm³/mol. The van der Waals surface area contributed by atoms with Gasteiger partial charge in [0, 0.05) is 13.5 Å². The fourth-order valence-electron chi connectivity index (χ4n) is 2.64. The molecule has 1 aromatic rings. The molecule has 1 fully saturated rings. The zero-order valence-corrected chi connectivity index (χ0v) is 11.2. The van der Waals surface area contributed by atoms with E-state index in [1.54, 1.807) is 18.4 Å². The monoisotopic (exact) mass is 252 g/mol. The van der Waals surface area contributed by atoms with E-state index in [2.05, 4.69) is 5.38 Å². The molecule has 0 unspecified atom stereocenters. The standard InChI is InChI=1S/C14H20O2S/c1-16-14(7-4-2-3-5-8-14)13(15)10-12-6-9-17-11-12/h6,9,11H,2-5,7-8,10H2,1H3. The molecule has 2 nitrogen and oxygen atoms in total. The summed E-state index contributed by atoms with van der Waals surface area (Å²) in [7, 11) is 1.69. The maximum atomic E-state index is 12.5. The number of hydrogen-bond acceptors (Lipinski definition) is 3. The van der Waals surface area contributed by atoms with Gasteiger partial charge in [0.05, 0.1) is 0 Å². The van der Waals surface area contributed by atoms with Crippen LogP contribution in [0.15, 0.2) is 16.8 Å². The van der Waals surface area contributed by atoms with Crippen LogP contribution in [0.3, 0.4) is 0 Å². The zero-order chi connectivity index (χ0) is 12.1. The summed E-state index contributed by atoms with van der Waals surface area (Å²) < 4.78 is 5.62. The van der Waals surface area contributed by atoms with Crippen LogP contribution >= 0.6 is 11.3 Å². The molecule has 94 valence electrons. The molecule has 0 spiro atoms. The molecule has 1 aliphatic carbocycles. The average molecular weight is 252 g/mol. The van der Waals surface area contributed by atoms with Crippen LogP contribution in [0.5, 0.6) is 0 Å². The van der Waals surface area contributed by atoms with Crippen molar-refractivity contribution < 1.29 is 9.53 Å². The first kappa shape index (κ1) is 12.8. The van der Waals surface area contributed by atoms with Gasteiger partial charge in [-0.15, -0.1) is 0 Å². The van der Waals surface area contributed by atoms with Crippen LogP contribution in [0.1, 0.15) is 44.1 Å². The molecular formula is C14H20O2S. The molecule has 0 bridgehead atoms. The van der Waals surface area contributed by atoms with Gasteiger partial charge in [0.15, 0.2) is 5.78 Å². The van der Waals surface area contributed by atoms with Crippen LogP contribution in [-0.2, 0) is 16.0 Å². The normalized spacial score (nSPS) is 19.8. The summed E-state index contributed by atoms with van der Waals surface area (Å²) >= 11 is 1.65. The lowest BCUT2D eigenvalue weighted by Gasteiger charge is -2.29. The van der Waals surface area contributed by atoms with Crippen molar-refractivity contribution in [3.63, 3.8) is 0 Å². The van der Waals surface area contributed by atoms with Crippen molar-refractivity contribution in [2.24, 2.45) is 0 Å². The van der Waals surface area contributed by atoms with E-state index < -0.39 is 5.60 Å². The van der Waals surface area contributed by atoms with Crippen molar-refractivity contribution in [2.75, 3.05) is 7.11 Å². The van der Waals surface area contributed by atoms with Gasteiger partial charge in [0.1, 0.15) is 5.60 Å². The lowest BCUT2D eigenvalue weighted by Crippen LogP contribution is -2.41. The fraction of sp³-hybridized carbons (Fsp3) is 0.643. The van der Waals surface area contributed by atoms with Crippen molar-refractivity contribution >= 4 is 17.1 Å². The van der Waals surface area contributed by atoms with Crippen molar-refractivity contribution in [3.8, 4) is 0 Å². The molecule has 1 saturated carbocycles. The first-order chi connectivity index (χ1) is 8.27. The molecule has 0 aromatic carbocycles. The summed E-state index contributed by atoms with van der Waals surface area (Å²) in [6.07, 6.45) is 7.01. The summed E-state index contributed by atoms with van der Waals surface area (Å²) in [6.45, 7) is 0. The molecule has 2 rings (SSSR count). The van der Waals surface area contributed by atoms with Crippen LogP contribution in [0.4, 0.5) is 0 Å². The highest BCUT2D eigenvalue weighted by Crippen LogP contribution is 2.32. The quantitative estimate of drug-likeness (QED) is 0.765. The Morgan fingerprint density at radius 1 is 1.35 bits per heavy atom. The number of ketones is 1. The van der Waals surface area contributed by atoms with Gasteiger partial charge in [-0.25, -0.2) is 0 Å². The third kappa shape index (κ3) is 2.96. The molecule has 1 heterocycles. The number of ether oxygens (including phenoxy) is 1. The molecule has 0 amide bonds. The minimum Gasteiger partial charge on any atom is -0.370 e. The summed E-state index contributed by atoms with van der Waals surface area (Å²) in [6, 6.07) is 2.03. The largest absolute Gasteiger partial charge is 0.370 e. The van der Waals surface area contributed by atoms with Gasteiger partial charge in [-0.2, -0.15) is 11.3 Å². The second-order valence-corrected chi connectivity index (χ2v) is 5.62. The topological polar surface area (TPSA) is 26.3 Å². The van der Waals surface area contributed by atoms with E-state index in [1.807, 2.05) is 11.4 Å². The Hall–Kier alpha value is -0.670. The molecule has 0 atom stereocenters. The first-order valence-corrected chi connectivity index (χ1v) is 7.31. The van der Waals surface area contributed by atoms with Gasteiger partial charge < -0.3 is 4.74 Å². The van der Waals surface area contributed by atoms with Crippen LogP contribution in [0.25, 0.3) is 0 Å². The Kier molecular flexibility index (Phi) is 4.35. The predicted octanol–water partition coefficient (Wildman–Crippen LogP) is 3.60. The van der Waals surface area contributed by atoms with Gasteiger partial charge in [-0.1, -0.05) is 25.7 Å². The summed E-state index contributed by atoms with van der Waals surface area (Å²) in [5, 5.41) is 4.08. The van der Waals surface area contributed by atoms with Crippen molar-refractivity contribution in [2.45, 2.75) is 50.5 Å². The highest BCUT2D eigenvalue weighted by atomic mass is 32.1. The highest BCUT2D eigenvalue weighted by Gasteiger charge is 2.37. The molecule has 17 heavy (non-hydrogen) atoms. The number of hydrogen-bond donors (Lipinski definition) is 0. The van der Waals surface area contributed by atoms with Crippen molar-refractivity contribution in [1.29, 1.82) is 0 Å². The smallest absolute Gasteiger partial charge is 0.168 e. The van der Waals surface area contributed by atoms with Gasteiger partial charge >= 0.3 is 0 Å². The Labute approximate surface area is 107 Å². The molecular weight excluding hydrogens is 232 g/mol. The Morgan fingerprint density at radius 2 is 2.06 bits per heavy atom. The van der Waals surface area contributed by atoms with E-state index in [0.717, 1.165) is 31.2 Å². The van der Waals surface area contributed by atoms with E-state index in [0.29, 0.717) is 6.42 Å². The Balaban J connectivity index is 2.07. The van der Waals surface area contributed by atoms with E-state index in [-0.39, 0.29) is 5.78 Å². The van der Waals surface area contributed by atoms with Gasteiger partial charge in [-0.05, 0) is 35.2 Å². The minimum absolute atomic E-state index is 0.264.